The van der Waals surface area contributed by atoms with E-state index in [2.05, 4.69) is 10.6 Å². The van der Waals surface area contributed by atoms with Crippen molar-refractivity contribution < 1.29 is 9.53 Å². The molecule has 4 nitrogen and oxygen atoms in total. The van der Waals surface area contributed by atoms with Gasteiger partial charge in [0.25, 0.3) is 0 Å². The lowest BCUT2D eigenvalue weighted by Gasteiger charge is -2.24. The maximum absolute atomic E-state index is 12.0. The van der Waals surface area contributed by atoms with Crippen LogP contribution >= 0.6 is 24.0 Å². The van der Waals surface area contributed by atoms with E-state index >= 15 is 0 Å². The van der Waals surface area contributed by atoms with Crippen LogP contribution in [0.1, 0.15) is 18.4 Å². The molecule has 1 aliphatic heterocycles. The van der Waals surface area contributed by atoms with Crippen LogP contribution in [0.3, 0.4) is 0 Å². The summed E-state index contributed by atoms with van der Waals surface area (Å²) in [6.07, 6.45) is 2.43. The van der Waals surface area contributed by atoms with Crippen LogP contribution < -0.4 is 15.4 Å². The minimum Gasteiger partial charge on any atom is -0.496 e. The van der Waals surface area contributed by atoms with Crippen LogP contribution in [0.2, 0.25) is 5.02 Å². The molecule has 0 bridgehead atoms. The highest BCUT2D eigenvalue weighted by molar-refractivity contribution is 6.30. The van der Waals surface area contributed by atoms with Gasteiger partial charge < -0.3 is 15.4 Å². The molecule has 0 saturated carbocycles. The first-order chi connectivity index (χ1) is 9.19. The zero-order chi connectivity index (χ0) is 13.7. The van der Waals surface area contributed by atoms with Crippen molar-refractivity contribution >= 4 is 29.9 Å². The number of carbonyl (C=O) groups excluding carboxylic acids is 1. The second-order valence-corrected chi connectivity index (χ2v) is 5.18. The Bertz CT molecular complexity index is 449. The molecule has 1 atom stereocenters. The molecule has 112 valence electrons. The van der Waals surface area contributed by atoms with Gasteiger partial charge in [0, 0.05) is 23.2 Å². The molecule has 0 radical (unpaired) electrons. The molecule has 6 heteroatoms. The first kappa shape index (κ1) is 17.1. The Hall–Kier alpha value is -0.970. The van der Waals surface area contributed by atoms with Crippen molar-refractivity contribution in [2.45, 2.75) is 25.3 Å². The van der Waals surface area contributed by atoms with Crippen LogP contribution in [0.25, 0.3) is 0 Å². The van der Waals surface area contributed by atoms with E-state index in [0.717, 1.165) is 31.5 Å². The molecule has 1 aliphatic rings. The number of ether oxygens (including phenoxy) is 1. The van der Waals surface area contributed by atoms with Crippen LogP contribution in [0.15, 0.2) is 18.2 Å². The fourth-order valence-electron chi connectivity index (χ4n) is 2.31. The van der Waals surface area contributed by atoms with Gasteiger partial charge >= 0.3 is 0 Å². The lowest BCUT2D eigenvalue weighted by Crippen LogP contribution is -2.46. The summed E-state index contributed by atoms with van der Waals surface area (Å²) in [7, 11) is 1.59. The number of halogens is 2. The number of hydrogen-bond acceptors (Lipinski definition) is 3. The Balaban J connectivity index is 0.00000200. The van der Waals surface area contributed by atoms with Crippen molar-refractivity contribution in [2.24, 2.45) is 0 Å². The van der Waals surface area contributed by atoms with Gasteiger partial charge in [-0.1, -0.05) is 11.6 Å². The third kappa shape index (κ3) is 4.85. The van der Waals surface area contributed by atoms with Crippen molar-refractivity contribution in [2.75, 3.05) is 20.2 Å². The number of benzene rings is 1. The summed E-state index contributed by atoms with van der Waals surface area (Å²) >= 11 is 5.95. The first-order valence-corrected chi connectivity index (χ1v) is 6.89. The van der Waals surface area contributed by atoms with Crippen molar-refractivity contribution in [3.8, 4) is 5.75 Å². The summed E-state index contributed by atoms with van der Waals surface area (Å²) < 4.78 is 5.24. The van der Waals surface area contributed by atoms with Gasteiger partial charge in [-0.25, -0.2) is 0 Å². The monoisotopic (exact) mass is 318 g/mol. The van der Waals surface area contributed by atoms with E-state index in [-0.39, 0.29) is 24.4 Å². The highest BCUT2D eigenvalue weighted by Gasteiger charge is 2.16. The van der Waals surface area contributed by atoms with E-state index in [1.165, 1.54) is 0 Å². The fraction of sp³-hybridized carbons (Fsp3) is 0.500. The molecule has 0 aliphatic carbocycles. The summed E-state index contributed by atoms with van der Waals surface area (Å²) in [5, 5.41) is 6.93. The van der Waals surface area contributed by atoms with Crippen molar-refractivity contribution in [1.29, 1.82) is 0 Å². The summed E-state index contributed by atoms with van der Waals surface area (Å²) in [5.41, 5.74) is 0.816. The first-order valence-electron chi connectivity index (χ1n) is 6.51. The smallest absolute Gasteiger partial charge is 0.224 e. The van der Waals surface area contributed by atoms with E-state index in [1.807, 2.05) is 0 Å². The van der Waals surface area contributed by atoms with Gasteiger partial charge in [0.05, 0.1) is 13.5 Å². The van der Waals surface area contributed by atoms with E-state index in [0.29, 0.717) is 17.2 Å². The number of nitrogens with one attached hydrogen (secondary N) is 2. The Labute approximate surface area is 130 Å². The summed E-state index contributed by atoms with van der Waals surface area (Å²) in [6.45, 7) is 1.88. The highest BCUT2D eigenvalue weighted by Crippen LogP contribution is 2.23. The topological polar surface area (TPSA) is 50.4 Å². The van der Waals surface area contributed by atoms with Gasteiger partial charge in [0.2, 0.25) is 5.91 Å². The van der Waals surface area contributed by atoms with E-state index in [4.69, 9.17) is 16.3 Å². The highest BCUT2D eigenvalue weighted by atomic mass is 35.5. The molecule has 1 aromatic rings. The van der Waals surface area contributed by atoms with Gasteiger partial charge in [-0.3, -0.25) is 4.79 Å². The largest absolute Gasteiger partial charge is 0.496 e. The molecular formula is C14H20Cl2N2O2. The number of carbonyl (C=O) groups is 1. The molecule has 1 fully saturated rings. The minimum absolute atomic E-state index is 0. The minimum atomic E-state index is 0. The average Bonchev–Trinajstić information content (AvgIpc) is 2.40. The number of methoxy groups -OCH3 is 1. The maximum atomic E-state index is 12.0. The van der Waals surface area contributed by atoms with Crippen molar-refractivity contribution in [1.82, 2.24) is 10.6 Å². The summed E-state index contributed by atoms with van der Waals surface area (Å²) in [6, 6.07) is 5.55. The van der Waals surface area contributed by atoms with Gasteiger partial charge in [-0.05, 0) is 37.6 Å². The van der Waals surface area contributed by atoms with E-state index in [9.17, 15) is 4.79 Å². The molecule has 0 spiro atoms. The van der Waals surface area contributed by atoms with Gasteiger partial charge in [-0.15, -0.1) is 12.4 Å². The standard InChI is InChI=1S/C14H19ClN2O2.ClH/c1-19-13-5-4-11(15)7-10(13)8-14(18)17-12-3-2-6-16-9-12;/h4-5,7,12,16H,2-3,6,8-9H2,1H3,(H,17,18);1H/t12-;/m0./s1. The lowest BCUT2D eigenvalue weighted by atomic mass is 10.1. The Morgan fingerprint density at radius 1 is 1.55 bits per heavy atom. The van der Waals surface area contributed by atoms with Crippen LogP contribution in [-0.4, -0.2) is 32.1 Å². The molecular weight excluding hydrogens is 299 g/mol. The molecule has 2 rings (SSSR count). The average molecular weight is 319 g/mol. The second-order valence-electron chi connectivity index (χ2n) is 4.74. The summed E-state index contributed by atoms with van der Waals surface area (Å²) in [5.74, 6) is 0.704. The molecule has 0 unspecified atom stereocenters. The second kappa shape index (κ2) is 8.35. The number of piperidine rings is 1. The molecule has 1 saturated heterocycles. The zero-order valence-electron chi connectivity index (χ0n) is 11.4. The SMILES string of the molecule is COc1ccc(Cl)cc1CC(=O)N[C@H]1CCCNC1.Cl. The number of rotatable bonds is 4. The Morgan fingerprint density at radius 2 is 2.35 bits per heavy atom. The number of hydrogen-bond donors (Lipinski definition) is 2. The molecule has 20 heavy (non-hydrogen) atoms. The van der Waals surface area contributed by atoms with Crippen LogP contribution in [-0.2, 0) is 11.2 Å². The van der Waals surface area contributed by atoms with E-state index in [1.54, 1.807) is 25.3 Å². The predicted octanol–water partition coefficient (Wildman–Crippen LogP) is 2.18. The van der Waals surface area contributed by atoms with Crippen LogP contribution in [0.5, 0.6) is 5.75 Å². The van der Waals surface area contributed by atoms with Gasteiger partial charge in [-0.2, -0.15) is 0 Å². The fourth-order valence-corrected chi connectivity index (χ4v) is 2.51. The molecule has 1 aromatic carbocycles. The molecule has 1 heterocycles. The molecule has 1 amide bonds. The Morgan fingerprint density at radius 3 is 3.00 bits per heavy atom. The quantitative estimate of drug-likeness (QED) is 0.894. The predicted molar refractivity (Wildman–Crippen MR) is 83.0 cm³/mol. The summed E-state index contributed by atoms with van der Waals surface area (Å²) in [4.78, 5) is 12.0. The number of amides is 1. The molecule has 2 N–H and O–H groups in total. The van der Waals surface area contributed by atoms with Gasteiger partial charge in [0.1, 0.15) is 5.75 Å². The van der Waals surface area contributed by atoms with E-state index < -0.39 is 0 Å². The van der Waals surface area contributed by atoms with Gasteiger partial charge in [0.15, 0.2) is 0 Å². The van der Waals surface area contributed by atoms with Crippen LogP contribution in [0, 0.1) is 0 Å². The van der Waals surface area contributed by atoms with Crippen molar-refractivity contribution in [3.63, 3.8) is 0 Å². The van der Waals surface area contributed by atoms with Crippen LogP contribution in [0.4, 0.5) is 0 Å². The normalized spacial score (nSPS) is 18.0. The third-order valence-electron chi connectivity index (χ3n) is 3.26. The molecule has 0 aromatic heterocycles. The van der Waals surface area contributed by atoms with Crippen molar-refractivity contribution in [3.05, 3.63) is 28.8 Å². The maximum Gasteiger partial charge on any atom is 0.224 e. The lowest BCUT2D eigenvalue weighted by molar-refractivity contribution is -0.121. The third-order valence-corrected chi connectivity index (χ3v) is 3.49. The Kier molecular flexibility index (Phi) is 7.13. The zero-order valence-corrected chi connectivity index (χ0v) is 13.0.